The van der Waals surface area contributed by atoms with E-state index in [1.807, 2.05) is 18.4 Å². The molecule has 1 aliphatic rings. The topological polar surface area (TPSA) is 42.6 Å². The van der Waals surface area contributed by atoms with Crippen LogP contribution in [-0.2, 0) is 6.54 Å². The number of nitrogens with one attached hydrogen (secondary N) is 1. The fourth-order valence-electron chi connectivity index (χ4n) is 2.76. The number of Topliss-reactive ketones (excluding diaryl/α,β-unsaturated/α-hetero) is 1. The molecule has 110 valence electrons. The van der Waals surface area contributed by atoms with Crippen molar-refractivity contribution in [3.8, 4) is 0 Å². The van der Waals surface area contributed by atoms with E-state index in [0.29, 0.717) is 4.77 Å². The summed E-state index contributed by atoms with van der Waals surface area (Å²) in [5, 5.41) is 0. The van der Waals surface area contributed by atoms with E-state index in [-0.39, 0.29) is 5.78 Å². The maximum Gasteiger partial charge on any atom is 0.201 e. The summed E-state index contributed by atoms with van der Waals surface area (Å²) in [5.74, 6) is 0.839. The van der Waals surface area contributed by atoms with Crippen molar-refractivity contribution >= 4 is 23.8 Å². The van der Waals surface area contributed by atoms with Crippen LogP contribution < -0.4 is 9.80 Å². The summed E-state index contributed by atoms with van der Waals surface area (Å²) in [5.41, 5.74) is 1.65. The first-order valence-electron chi connectivity index (χ1n) is 7.14. The van der Waals surface area contributed by atoms with E-state index in [4.69, 9.17) is 12.2 Å². The van der Waals surface area contributed by atoms with Gasteiger partial charge in [0, 0.05) is 12.2 Å². The second-order valence-electron chi connectivity index (χ2n) is 5.42. The minimum atomic E-state index is 0.0634. The molecule has 5 nitrogen and oxygen atoms in total. The van der Waals surface area contributed by atoms with Crippen LogP contribution in [0.4, 0.5) is 5.82 Å². The SMILES string of the molecule is CCn1c(C)c(C(C)=O)c(N2CC[NH+](C)CC2)nc1=S. The molecule has 1 aromatic heterocycles. The average molecular weight is 295 g/mol. The van der Waals surface area contributed by atoms with E-state index in [1.165, 1.54) is 4.90 Å². The largest absolute Gasteiger partial charge is 0.345 e. The van der Waals surface area contributed by atoms with Crippen LogP contribution >= 0.6 is 12.2 Å². The van der Waals surface area contributed by atoms with Gasteiger partial charge in [-0.3, -0.25) is 4.79 Å². The maximum absolute atomic E-state index is 12.1. The van der Waals surface area contributed by atoms with E-state index < -0.39 is 0 Å². The molecule has 0 radical (unpaired) electrons. The number of aromatic nitrogens is 2. The summed E-state index contributed by atoms with van der Waals surface area (Å²) in [6.07, 6.45) is 0. The fourth-order valence-corrected chi connectivity index (χ4v) is 3.11. The van der Waals surface area contributed by atoms with Gasteiger partial charge in [-0.15, -0.1) is 0 Å². The Kier molecular flexibility index (Phi) is 4.55. The number of carbonyl (C=O) groups is 1. The number of ketones is 1. The van der Waals surface area contributed by atoms with Gasteiger partial charge in [-0.2, -0.15) is 0 Å². The summed E-state index contributed by atoms with van der Waals surface area (Å²) in [4.78, 5) is 20.3. The fraction of sp³-hybridized carbons (Fsp3) is 0.643. The molecule has 0 saturated carbocycles. The predicted molar refractivity (Wildman–Crippen MR) is 82.3 cm³/mol. The number of carbonyl (C=O) groups excluding carboxylic acids is 1. The van der Waals surface area contributed by atoms with Gasteiger partial charge < -0.3 is 14.4 Å². The number of nitrogens with zero attached hydrogens (tertiary/aromatic N) is 3. The summed E-state index contributed by atoms with van der Waals surface area (Å²) < 4.78 is 2.49. The van der Waals surface area contributed by atoms with Crippen LogP contribution in [-0.4, -0.2) is 48.6 Å². The van der Waals surface area contributed by atoms with Gasteiger partial charge in [0.25, 0.3) is 0 Å². The quantitative estimate of drug-likeness (QED) is 0.650. The number of hydrogen-bond acceptors (Lipinski definition) is 4. The Morgan fingerprint density at radius 2 is 2.00 bits per heavy atom. The van der Waals surface area contributed by atoms with Crippen molar-refractivity contribution in [3.05, 3.63) is 16.0 Å². The molecule has 0 unspecified atom stereocenters. The number of quaternary nitrogens is 1. The first-order chi connectivity index (χ1) is 9.45. The van der Waals surface area contributed by atoms with Crippen LogP contribution in [0.5, 0.6) is 0 Å². The molecule has 0 amide bonds. The standard InChI is InChI=1S/C14H22N4OS/c1-5-18-10(2)12(11(3)19)13(15-14(18)20)17-8-6-16(4)7-9-17/h5-9H2,1-4H3/p+1. The summed E-state index contributed by atoms with van der Waals surface area (Å²) >= 11 is 5.37. The third-order valence-electron chi connectivity index (χ3n) is 4.01. The number of anilines is 1. The van der Waals surface area contributed by atoms with Gasteiger partial charge in [0.2, 0.25) is 4.77 Å². The van der Waals surface area contributed by atoms with Crippen molar-refractivity contribution in [2.45, 2.75) is 27.3 Å². The van der Waals surface area contributed by atoms with Gasteiger partial charge in [-0.05, 0) is 33.0 Å². The lowest BCUT2D eigenvalue weighted by Gasteiger charge is -2.32. The van der Waals surface area contributed by atoms with E-state index in [1.54, 1.807) is 6.92 Å². The lowest BCUT2D eigenvalue weighted by molar-refractivity contribution is -0.880. The van der Waals surface area contributed by atoms with Crippen molar-refractivity contribution in [2.75, 3.05) is 38.1 Å². The van der Waals surface area contributed by atoms with E-state index in [9.17, 15) is 4.79 Å². The van der Waals surface area contributed by atoms with Crippen molar-refractivity contribution in [3.63, 3.8) is 0 Å². The second-order valence-corrected chi connectivity index (χ2v) is 5.79. The number of piperazine rings is 1. The lowest BCUT2D eigenvalue weighted by atomic mass is 10.1. The molecule has 0 atom stereocenters. The van der Waals surface area contributed by atoms with Gasteiger partial charge in [0.15, 0.2) is 5.78 Å². The van der Waals surface area contributed by atoms with Crippen LogP contribution in [0.25, 0.3) is 0 Å². The first-order valence-corrected chi connectivity index (χ1v) is 7.55. The molecule has 1 saturated heterocycles. The highest BCUT2D eigenvalue weighted by Crippen LogP contribution is 2.22. The predicted octanol–water partition coefficient (Wildman–Crippen LogP) is 0.478. The van der Waals surface area contributed by atoms with Gasteiger partial charge in [0.1, 0.15) is 5.82 Å². The molecule has 2 heterocycles. The number of hydrogen-bond donors (Lipinski definition) is 1. The van der Waals surface area contributed by atoms with Gasteiger partial charge in [-0.1, -0.05) is 0 Å². The zero-order valence-electron chi connectivity index (χ0n) is 12.7. The Labute approximate surface area is 125 Å². The third kappa shape index (κ3) is 2.76. The Hall–Kier alpha value is -1.27. The van der Waals surface area contributed by atoms with Crippen LogP contribution in [0.15, 0.2) is 0 Å². The van der Waals surface area contributed by atoms with Crippen LogP contribution in [0, 0.1) is 11.7 Å². The third-order valence-corrected chi connectivity index (χ3v) is 4.32. The van der Waals surface area contributed by atoms with Gasteiger partial charge >= 0.3 is 0 Å². The lowest BCUT2D eigenvalue weighted by Crippen LogP contribution is -3.12. The van der Waals surface area contributed by atoms with E-state index in [2.05, 4.69) is 16.9 Å². The molecule has 1 aromatic rings. The first kappa shape index (κ1) is 15.1. The Bertz CT molecular complexity index is 573. The summed E-state index contributed by atoms with van der Waals surface area (Å²) in [6.45, 7) is 10.3. The molecule has 1 fully saturated rings. The summed E-state index contributed by atoms with van der Waals surface area (Å²) in [6, 6.07) is 0. The molecule has 0 spiro atoms. The van der Waals surface area contributed by atoms with Gasteiger partial charge in [-0.25, -0.2) is 4.98 Å². The molecule has 20 heavy (non-hydrogen) atoms. The second kappa shape index (κ2) is 6.01. The monoisotopic (exact) mass is 295 g/mol. The highest BCUT2D eigenvalue weighted by atomic mass is 32.1. The van der Waals surface area contributed by atoms with Crippen molar-refractivity contribution < 1.29 is 9.69 Å². The zero-order valence-corrected chi connectivity index (χ0v) is 13.5. The molecule has 6 heteroatoms. The smallest absolute Gasteiger partial charge is 0.201 e. The van der Waals surface area contributed by atoms with Crippen LogP contribution in [0.1, 0.15) is 29.9 Å². The summed E-state index contributed by atoms with van der Waals surface area (Å²) in [7, 11) is 2.19. The Balaban J connectivity index is 2.52. The molecule has 1 aliphatic heterocycles. The van der Waals surface area contributed by atoms with E-state index in [0.717, 1.165) is 49.8 Å². The number of likely N-dealkylation sites (N-methyl/N-ethyl adjacent to an activating group) is 1. The normalized spacial score (nSPS) is 16.5. The average Bonchev–Trinajstić information content (AvgIpc) is 2.38. The maximum atomic E-state index is 12.1. The minimum Gasteiger partial charge on any atom is -0.345 e. The van der Waals surface area contributed by atoms with E-state index >= 15 is 0 Å². The Morgan fingerprint density at radius 3 is 2.50 bits per heavy atom. The van der Waals surface area contributed by atoms with Crippen molar-refractivity contribution in [1.82, 2.24) is 9.55 Å². The van der Waals surface area contributed by atoms with Crippen LogP contribution in [0.3, 0.4) is 0 Å². The highest BCUT2D eigenvalue weighted by Gasteiger charge is 2.24. The molecular weight excluding hydrogens is 272 g/mol. The Morgan fingerprint density at radius 1 is 1.40 bits per heavy atom. The molecule has 2 rings (SSSR count). The van der Waals surface area contributed by atoms with Crippen molar-refractivity contribution in [1.29, 1.82) is 0 Å². The van der Waals surface area contributed by atoms with Crippen molar-refractivity contribution in [2.24, 2.45) is 0 Å². The minimum absolute atomic E-state index is 0.0634. The molecule has 0 aliphatic carbocycles. The molecule has 0 bridgehead atoms. The molecule has 1 N–H and O–H groups in total. The van der Waals surface area contributed by atoms with Gasteiger partial charge in [0.05, 0.1) is 38.8 Å². The molecular formula is C14H23N4OS+. The zero-order chi connectivity index (χ0) is 14.9. The molecule has 0 aromatic carbocycles. The number of rotatable bonds is 3. The highest BCUT2D eigenvalue weighted by molar-refractivity contribution is 7.71. The van der Waals surface area contributed by atoms with Crippen LogP contribution in [0.2, 0.25) is 0 Å².